The largest absolute Gasteiger partial charge is 0.495 e. The normalized spacial score (nSPS) is 30.3. The molecule has 2 aromatic carbocycles. The lowest BCUT2D eigenvalue weighted by Gasteiger charge is -2.42. The molecule has 5 rings (SSSR count). The Labute approximate surface area is 194 Å². The Balaban J connectivity index is 1.89. The Kier molecular flexibility index (Phi) is 4.80. The maximum Gasteiger partial charge on any atom is 0.309 e. The highest BCUT2D eigenvalue weighted by molar-refractivity contribution is 9.10. The molecule has 0 spiro atoms. The van der Waals surface area contributed by atoms with Crippen LogP contribution in [0.3, 0.4) is 0 Å². The van der Waals surface area contributed by atoms with Crippen LogP contribution in [0, 0.1) is 5.92 Å². The number of benzene rings is 2. The van der Waals surface area contributed by atoms with Gasteiger partial charge in [0, 0.05) is 10.4 Å². The van der Waals surface area contributed by atoms with Crippen LogP contribution in [0.25, 0.3) is 0 Å². The van der Waals surface area contributed by atoms with Gasteiger partial charge in [0.05, 0.1) is 42.5 Å². The van der Waals surface area contributed by atoms with Crippen molar-refractivity contribution in [3.05, 3.63) is 88.2 Å². The highest BCUT2D eigenvalue weighted by Gasteiger charge is 2.76. The zero-order valence-electron chi connectivity index (χ0n) is 17.5. The fourth-order valence-electron chi connectivity index (χ4n) is 5.80. The molecule has 1 aromatic heterocycles. The number of pyridine rings is 1. The summed E-state index contributed by atoms with van der Waals surface area (Å²) in [6.07, 6.45) is 1.93. The highest BCUT2D eigenvalue weighted by Crippen LogP contribution is 2.70. The average Bonchev–Trinajstić information content (AvgIpc) is 3.18. The van der Waals surface area contributed by atoms with E-state index in [2.05, 4.69) is 20.9 Å². The maximum absolute atomic E-state index is 12.6. The molecule has 5 atom stereocenters. The quantitative estimate of drug-likeness (QED) is 0.562. The van der Waals surface area contributed by atoms with E-state index in [-0.39, 0.29) is 0 Å². The molecule has 0 radical (unpaired) electrons. The second kappa shape index (κ2) is 7.32. The summed E-state index contributed by atoms with van der Waals surface area (Å²) in [5.74, 6) is -1.90. The molecule has 0 bridgehead atoms. The van der Waals surface area contributed by atoms with Gasteiger partial charge in [0.15, 0.2) is 5.60 Å². The number of hydrogen-bond acceptors (Lipinski definition) is 5. The standard InChI is InChI=1S/C25H22BrNO5/c1-24-21-17(31-2)12-27-13-18(21)32-25(24,15-8-10-16(26)11-9-15)20(14-6-4-3-5-7-14)19(22(24)28)23(29)30/h3-13,19-20,22,28H,1-2H3,(H,29,30)/t19-,20-,22-,24?,25+/m1/s1. The Bertz CT molecular complexity index is 1180. The van der Waals surface area contributed by atoms with Crippen LogP contribution >= 0.6 is 15.9 Å². The molecule has 1 aliphatic heterocycles. The first-order chi connectivity index (χ1) is 15.4. The lowest BCUT2D eigenvalue weighted by Crippen LogP contribution is -2.50. The molecule has 1 aliphatic carbocycles. The minimum absolute atomic E-state index is 0.459. The zero-order valence-corrected chi connectivity index (χ0v) is 19.1. The van der Waals surface area contributed by atoms with Gasteiger partial charge in [-0.2, -0.15) is 0 Å². The fourth-order valence-corrected chi connectivity index (χ4v) is 6.06. The van der Waals surface area contributed by atoms with Crippen LogP contribution in [0.2, 0.25) is 0 Å². The number of aliphatic hydroxyl groups is 1. The Morgan fingerprint density at radius 3 is 2.44 bits per heavy atom. The van der Waals surface area contributed by atoms with Gasteiger partial charge in [-0.25, -0.2) is 0 Å². The monoisotopic (exact) mass is 495 g/mol. The van der Waals surface area contributed by atoms with E-state index < -0.39 is 34.9 Å². The van der Waals surface area contributed by atoms with Gasteiger partial charge in [0.2, 0.25) is 0 Å². The van der Waals surface area contributed by atoms with E-state index in [4.69, 9.17) is 9.47 Å². The molecule has 2 N–H and O–H groups in total. The number of aliphatic carboxylic acids is 1. The number of hydrogen-bond donors (Lipinski definition) is 2. The SMILES string of the molecule is COc1cncc2c1C1(C)[C@H](O)[C@H](C(=O)O)[C@@H](c3ccccc3)[C@]1(c1ccc(Br)cc1)O2. The van der Waals surface area contributed by atoms with Crippen molar-refractivity contribution in [2.24, 2.45) is 5.92 Å². The minimum atomic E-state index is -1.24. The molecular weight excluding hydrogens is 474 g/mol. The first-order valence-corrected chi connectivity index (χ1v) is 11.1. The van der Waals surface area contributed by atoms with Crippen LogP contribution in [0.1, 0.15) is 29.5 Å². The summed E-state index contributed by atoms with van der Waals surface area (Å²) in [6, 6.07) is 17.0. The van der Waals surface area contributed by atoms with Crippen molar-refractivity contribution >= 4 is 21.9 Å². The molecule has 0 saturated heterocycles. The number of nitrogens with zero attached hydrogens (tertiary/aromatic N) is 1. The summed E-state index contributed by atoms with van der Waals surface area (Å²) in [5, 5.41) is 22.0. The lowest BCUT2D eigenvalue weighted by molar-refractivity contribution is -0.146. The van der Waals surface area contributed by atoms with Crippen molar-refractivity contribution in [1.29, 1.82) is 0 Å². The summed E-state index contributed by atoms with van der Waals surface area (Å²) in [7, 11) is 1.53. The van der Waals surface area contributed by atoms with Crippen LogP contribution in [-0.4, -0.2) is 34.4 Å². The van der Waals surface area contributed by atoms with E-state index >= 15 is 0 Å². The number of fused-ring (bicyclic) bond motifs is 3. The van der Waals surface area contributed by atoms with Gasteiger partial charge in [-0.05, 0) is 30.2 Å². The van der Waals surface area contributed by atoms with Gasteiger partial charge in [-0.3, -0.25) is 9.78 Å². The summed E-state index contributed by atoms with van der Waals surface area (Å²) in [6.45, 7) is 1.87. The number of carbonyl (C=O) groups is 1. The number of aromatic nitrogens is 1. The molecule has 32 heavy (non-hydrogen) atoms. The van der Waals surface area contributed by atoms with E-state index in [1.807, 2.05) is 61.5 Å². The highest BCUT2D eigenvalue weighted by atomic mass is 79.9. The fraction of sp³-hybridized carbons (Fsp3) is 0.280. The van der Waals surface area contributed by atoms with Gasteiger partial charge in [-0.1, -0.05) is 58.4 Å². The average molecular weight is 496 g/mol. The third-order valence-electron chi connectivity index (χ3n) is 7.10. The topological polar surface area (TPSA) is 88.9 Å². The molecule has 2 aliphatic rings. The molecule has 3 aromatic rings. The summed E-state index contributed by atoms with van der Waals surface area (Å²) >= 11 is 3.48. The van der Waals surface area contributed by atoms with Crippen LogP contribution in [0.15, 0.2) is 71.5 Å². The van der Waals surface area contributed by atoms with Crippen LogP contribution in [-0.2, 0) is 15.8 Å². The molecule has 2 heterocycles. The number of ether oxygens (including phenoxy) is 2. The Morgan fingerprint density at radius 1 is 1.12 bits per heavy atom. The Hall–Kier alpha value is -2.90. The molecule has 6 nitrogen and oxygen atoms in total. The van der Waals surface area contributed by atoms with Crippen molar-refractivity contribution in [2.45, 2.75) is 30.0 Å². The molecule has 1 fully saturated rings. The first kappa shape index (κ1) is 21.0. The van der Waals surface area contributed by atoms with Crippen molar-refractivity contribution < 1.29 is 24.5 Å². The van der Waals surface area contributed by atoms with E-state index in [0.29, 0.717) is 17.1 Å². The van der Waals surface area contributed by atoms with E-state index in [1.54, 1.807) is 12.4 Å². The van der Waals surface area contributed by atoms with Gasteiger partial charge >= 0.3 is 5.97 Å². The molecule has 1 saturated carbocycles. The first-order valence-electron chi connectivity index (χ1n) is 10.3. The zero-order chi connectivity index (χ0) is 22.7. The predicted molar refractivity (Wildman–Crippen MR) is 121 cm³/mol. The summed E-state index contributed by atoms with van der Waals surface area (Å²) in [5.41, 5.74) is -0.122. The van der Waals surface area contributed by atoms with Crippen molar-refractivity contribution in [3.8, 4) is 11.5 Å². The third-order valence-corrected chi connectivity index (χ3v) is 7.63. The van der Waals surface area contributed by atoms with Crippen LogP contribution < -0.4 is 9.47 Å². The van der Waals surface area contributed by atoms with Crippen LogP contribution in [0.5, 0.6) is 11.5 Å². The number of carboxylic acid groups (broad SMARTS) is 1. The molecule has 7 heteroatoms. The number of carboxylic acids is 1. The van der Waals surface area contributed by atoms with Crippen LogP contribution in [0.4, 0.5) is 0 Å². The number of methoxy groups -OCH3 is 1. The van der Waals surface area contributed by atoms with Gasteiger partial charge in [0.25, 0.3) is 0 Å². The van der Waals surface area contributed by atoms with E-state index in [1.165, 1.54) is 7.11 Å². The van der Waals surface area contributed by atoms with Crippen molar-refractivity contribution in [2.75, 3.05) is 7.11 Å². The van der Waals surface area contributed by atoms with Crippen molar-refractivity contribution in [1.82, 2.24) is 4.98 Å². The summed E-state index contributed by atoms with van der Waals surface area (Å²) in [4.78, 5) is 16.8. The lowest BCUT2D eigenvalue weighted by atomic mass is 9.65. The maximum atomic E-state index is 12.6. The molecule has 1 unspecified atom stereocenters. The van der Waals surface area contributed by atoms with Crippen molar-refractivity contribution in [3.63, 3.8) is 0 Å². The second-order valence-electron chi connectivity index (χ2n) is 8.46. The van der Waals surface area contributed by atoms with Gasteiger partial charge in [0.1, 0.15) is 11.5 Å². The van der Waals surface area contributed by atoms with E-state index in [0.717, 1.165) is 15.6 Å². The molecular formula is C25H22BrNO5. The second-order valence-corrected chi connectivity index (χ2v) is 9.37. The minimum Gasteiger partial charge on any atom is -0.495 e. The van der Waals surface area contributed by atoms with Gasteiger partial charge < -0.3 is 19.7 Å². The van der Waals surface area contributed by atoms with Gasteiger partial charge in [-0.15, -0.1) is 0 Å². The number of halogens is 1. The number of aliphatic hydroxyl groups excluding tert-OH is 1. The van der Waals surface area contributed by atoms with E-state index in [9.17, 15) is 15.0 Å². The molecule has 0 amide bonds. The predicted octanol–water partition coefficient (Wildman–Crippen LogP) is 4.26. The third kappa shape index (κ3) is 2.55. The smallest absolute Gasteiger partial charge is 0.309 e. The number of rotatable bonds is 4. The molecule has 164 valence electrons. The Morgan fingerprint density at radius 2 is 1.81 bits per heavy atom. The summed E-state index contributed by atoms with van der Waals surface area (Å²) < 4.78 is 13.2.